The zero-order valence-corrected chi connectivity index (χ0v) is 11.8. The summed E-state index contributed by atoms with van der Waals surface area (Å²) in [6, 6.07) is 10.1. The van der Waals surface area contributed by atoms with Crippen molar-refractivity contribution in [3.8, 4) is 11.5 Å². The molecular formula is C17H17FO3. The fourth-order valence-corrected chi connectivity index (χ4v) is 2.48. The van der Waals surface area contributed by atoms with Gasteiger partial charge in [0.25, 0.3) is 0 Å². The molecule has 0 bridgehead atoms. The van der Waals surface area contributed by atoms with Crippen molar-refractivity contribution in [2.24, 2.45) is 0 Å². The number of benzene rings is 2. The first-order chi connectivity index (χ1) is 10.1. The zero-order valence-electron chi connectivity index (χ0n) is 11.8. The van der Waals surface area contributed by atoms with Crippen LogP contribution < -0.4 is 9.47 Å². The molecular weight excluding hydrogens is 271 g/mol. The van der Waals surface area contributed by atoms with Crippen molar-refractivity contribution in [1.29, 1.82) is 0 Å². The molecule has 0 amide bonds. The molecule has 1 aliphatic rings. The maximum absolute atomic E-state index is 13.1. The summed E-state index contributed by atoms with van der Waals surface area (Å²) in [7, 11) is 0. The number of fused-ring (bicyclic) bond motifs is 1. The molecule has 0 aliphatic carbocycles. The number of aliphatic hydroxyl groups excluding tert-OH is 1. The second-order valence-electron chi connectivity index (χ2n) is 5.19. The van der Waals surface area contributed by atoms with Crippen LogP contribution >= 0.6 is 0 Å². The topological polar surface area (TPSA) is 38.7 Å². The molecule has 2 aromatic carbocycles. The first kappa shape index (κ1) is 13.9. The smallest absolute Gasteiger partial charge is 0.161 e. The lowest BCUT2D eigenvalue weighted by Gasteiger charge is -2.20. The largest absolute Gasteiger partial charge is 0.486 e. The van der Waals surface area contributed by atoms with E-state index < -0.39 is 6.10 Å². The summed E-state index contributed by atoms with van der Waals surface area (Å²) >= 11 is 0. The Morgan fingerprint density at radius 2 is 1.86 bits per heavy atom. The third-order valence-corrected chi connectivity index (χ3v) is 3.67. The second-order valence-corrected chi connectivity index (χ2v) is 5.19. The predicted octanol–water partition coefficient (Wildman–Crippen LogP) is 3.18. The van der Waals surface area contributed by atoms with Crippen LogP contribution in [0.25, 0.3) is 0 Å². The molecule has 110 valence electrons. The highest BCUT2D eigenvalue weighted by atomic mass is 19.1. The molecule has 4 heteroatoms. The maximum atomic E-state index is 13.1. The summed E-state index contributed by atoms with van der Waals surface area (Å²) in [5.41, 5.74) is 2.54. The second kappa shape index (κ2) is 5.74. The Labute approximate surface area is 122 Å². The van der Waals surface area contributed by atoms with E-state index in [1.165, 1.54) is 12.1 Å². The Balaban J connectivity index is 1.80. The SMILES string of the molecule is Cc1cc(F)ccc1CC(O)c1ccc2c(c1)OCCO2. The molecule has 1 heterocycles. The molecule has 0 saturated carbocycles. The molecule has 3 rings (SSSR count). The molecule has 1 unspecified atom stereocenters. The van der Waals surface area contributed by atoms with Crippen LogP contribution in [0.1, 0.15) is 22.8 Å². The van der Waals surface area contributed by atoms with Crippen molar-refractivity contribution in [2.45, 2.75) is 19.4 Å². The van der Waals surface area contributed by atoms with Crippen molar-refractivity contribution in [3.63, 3.8) is 0 Å². The van der Waals surface area contributed by atoms with Crippen molar-refractivity contribution in [3.05, 3.63) is 58.9 Å². The van der Waals surface area contributed by atoms with Gasteiger partial charge in [0.1, 0.15) is 19.0 Å². The Morgan fingerprint density at radius 3 is 2.62 bits per heavy atom. The van der Waals surface area contributed by atoms with Crippen molar-refractivity contribution in [2.75, 3.05) is 13.2 Å². The quantitative estimate of drug-likeness (QED) is 0.942. The Kier molecular flexibility index (Phi) is 3.80. The van der Waals surface area contributed by atoms with E-state index in [0.29, 0.717) is 31.1 Å². The standard InChI is InChI=1S/C17H17FO3/c1-11-8-14(18)4-2-12(11)9-15(19)13-3-5-16-17(10-13)21-7-6-20-16/h2-5,8,10,15,19H,6-7,9H2,1H3. The first-order valence-corrected chi connectivity index (χ1v) is 6.96. The average molecular weight is 288 g/mol. The van der Waals surface area contributed by atoms with Crippen LogP contribution in [0.4, 0.5) is 4.39 Å². The van der Waals surface area contributed by atoms with Gasteiger partial charge < -0.3 is 14.6 Å². The van der Waals surface area contributed by atoms with E-state index in [0.717, 1.165) is 16.7 Å². The van der Waals surface area contributed by atoms with Gasteiger partial charge in [0.05, 0.1) is 6.10 Å². The lowest BCUT2D eigenvalue weighted by Crippen LogP contribution is -2.15. The van der Waals surface area contributed by atoms with Gasteiger partial charge in [-0.2, -0.15) is 0 Å². The monoisotopic (exact) mass is 288 g/mol. The predicted molar refractivity (Wildman–Crippen MR) is 77.2 cm³/mol. The maximum Gasteiger partial charge on any atom is 0.161 e. The van der Waals surface area contributed by atoms with E-state index in [1.807, 2.05) is 19.1 Å². The number of halogens is 1. The highest BCUT2D eigenvalue weighted by Gasteiger charge is 2.16. The molecule has 1 atom stereocenters. The highest BCUT2D eigenvalue weighted by molar-refractivity contribution is 5.44. The number of aryl methyl sites for hydroxylation is 1. The molecule has 21 heavy (non-hydrogen) atoms. The van der Waals surface area contributed by atoms with Gasteiger partial charge in [0.2, 0.25) is 0 Å². The summed E-state index contributed by atoms with van der Waals surface area (Å²) < 4.78 is 24.1. The Bertz CT molecular complexity index is 654. The van der Waals surface area contributed by atoms with Crippen LogP contribution in [-0.4, -0.2) is 18.3 Å². The summed E-state index contributed by atoms with van der Waals surface area (Å²) in [6.07, 6.45) is -0.226. The number of aliphatic hydroxyl groups is 1. The lowest BCUT2D eigenvalue weighted by atomic mass is 9.98. The molecule has 3 nitrogen and oxygen atoms in total. The van der Waals surface area contributed by atoms with Crippen LogP contribution in [0.5, 0.6) is 11.5 Å². The molecule has 1 aliphatic heterocycles. The Hall–Kier alpha value is -2.07. The van der Waals surface area contributed by atoms with Gasteiger partial charge in [-0.25, -0.2) is 4.39 Å². The van der Waals surface area contributed by atoms with Crippen molar-refractivity contribution in [1.82, 2.24) is 0 Å². The van der Waals surface area contributed by atoms with Gasteiger partial charge in [-0.1, -0.05) is 12.1 Å². The van der Waals surface area contributed by atoms with Crippen LogP contribution in [0.3, 0.4) is 0 Å². The van der Waals surface area contributed by atoms with E-state index in [4.69, 9.17) is 9.47 Å². The van der Waals surface area contributed by atoms with E-state index in [1.54, 1.807) is 12.1 Å². The van der Waals surface area contributed by atoms with E-state index in [9.17, 15) is 9.50 Å². The normalized spacial score (nSPS) is 14.8. The van der Waals surface area contributed by atoms with Gasteiger partial charge in [-0.15, -0.1) is 0 Å². The highest BCUT2D eigenvalue weighted by Crippen LogP contribution is 2.33. The van der Waals surface area contributed by atoms with E-state index in [-0.39, 0.29) is 5.82 Å². The minimum Gasteiger partial charge on any atom is -0.486 e. The summed E-state index contributed by atoms with van der Waals surface area (Å²) in [6.45, 7) is 2.90. The fourth-order valence-electron chi connectivity index (χ4n) is 2.48. The average Bonchev–Trinajstić information content (AvgIpc) is 2.49. The van der Waals surface area contributed by atoms with E-state index >= 15 is 0 Å². The minimum absolute atomic E-state index is 0.259. The molecule has 1 N–H and O–H groups in total. The van der Waals surface area contributed by atoms with Crippen molar-refractivity contribution < 1.29 is 19.0 Å². The molecule has 0 aromatic heterocycles. The fraction of sp³-hybridized carbons (Fsp3) is 0.294. The molecule has 0 fully saturated rings. The molecule has 0 radical (unpaired) electrons. The minimum atomic E-state index is -0.662. The van der Waals surface area contributed by atoms with Crippen LogP contribution in [0.15, 0.2) is 36.4 Å². The van der Waals surface area contributed by atoms with Gasteiger partial charge in [-0.05, 0) is 47.9 Å². The lowest BCUT2D eigenvalue weighted by molar-refractivity contribution is 0.164. The first-order valence-electron chi connectivity index (χ1n) is 6.96. The third kappa shape index (κ3) is 3.00. The molecule has 0 spiro atoms. The number of rotatable bonds is 3. The summed E-state index contributed by atoms with van der Waals surface area (Å²) in [4.78, 5) is 0. The molecule has 2 aromatic rings. The number of hydrogen-bond acceptors (Lipinski definition) is 3. The van der Waals surface area contributed by atoms with Crippen LogP contribution in [-0.2, 0) is 6.42 Å². The summed E-state index contributed by atoms with van der Waals surface area (Å²) in [5, 5.41) is 10.4. The van der Waals surface area contributed by atoms with Crippen LogP contribution in [0.2, 0.25) is 0 Å². The summed E-state index contributed by atoms with van der Waals surface area (Å²) in [5.74, 6) is 1.11. The third-order valence-electron chi connectivity index (χ3n) is 3.67. The Morgan fingerprint density at radius 1 is 1.10 bits per heavy atom. The van der Waals surface area contributed by atoms with E-state index in [2.05, 4.69) is 0 Å². The van der Waals surface area contributed by atoms with Crippen molar-refractivity contribution >= 4 is 0 Å². The van der Waals surface area contributed by atoms with Gasteiger partial charge >= 0.3 is 0 Å². The van der Waals surface area contributed by atoms with Crippen LogP contribution in [0, 0.1) is 12.7 Å². The van der Waals surface area contributed by atoms with Gasteiger partial charge in [-0.3, -0.25) is 0 Å². The molecule has 0 saturated heterocycles. The number of ether oxygens (including phenoxy) is 2. The number of hydrogen-bond donors (Lipinski definition) is 1. The van der Waals surface area contributed by atoms with Gasteiger partial charge in [0.15, 0.2) is 11.5 Å². The zero-order chi connectivity index (χ0) is 14.8. The van der Waals surface area contributed by atoms with Gasteiger partial charge in [0, 0.05) is 6.42 Å².